The van der Waals surface area contributed by atoms with Gasteiger partial charge in [0.1, 0.15) is 5.82 Å². The molecule has 0 atom stereocenters. The molecule has 2 aromatic carbocycles. The van der Waals surface area contributed by atoms with Crippen LogP contribution in [0.5, 0.6) is 0 Å². The standard InChI is InChI=1S/C16H17ClFN3/c17-12-5-6-15(13(18)11-12)20-7-9-21(10-8-20)16-4-2-1-3-14(16)19/h1-6,11H,7-10,19H2. The van der Waals surface area contributed by atoms with Crippen LogP contribution < -0.4 is 15.5 Å². The highest BCUT2D eigenvalue weighted by atomic mass is 35.5. The molecule has 2 aromatic rings. The monoisotopic (exact) mass is 305 g/mol. The van der Waals surface area contributed by atoms with Crippen LogP contribution in [0, 0.1) is 5.82 Å². The molecule has 3 rings (SSSR count). The molecule has 0 spiro atoms. The third-order valence-corrected chi connectivity index (χ3v) is 4.04. The Labute approximate surface area is 128 Å². The summed E-state index contributed by atoms with van der Waals surface area (Å²) in [4.78, 5) is 4.28. The van der Waals surface area contributed by atoms with Gasteiger partial charge in [-0.1, -0.05) is 23.7 Å². The summed E-state index contributed by atoms with van der Waals surface area (Å²) in [5, 5.41) is 0.423. The highest BCUT2D eigenvalue weighted by Gasteiger charge is 2.20. The minimum atomic E-state index is -0.268. The van der Waals surface area contributed by atoms with Gasteiger partial charge >= 0.3 is 0 Å². The molecule has 1 aliphatic rings. The Morgan fingerprint density at radius 1 is 0.905 bits per heavy atom. The first kappa shape index (κ1) is 14.0. The Bertz CT molecular complexity index is 639. The molecule has 1 saturated heterocycles. The third-order valence-electron chi connectivity index (χ3n) is 3.81. The van der Waals surface area contributed by atoms with Crippen molar-refractivity contribution < 1.29 is 4.39 Å². The summed E-state index contributed by atoms with van der Waals surface area (Å²) in [7, 11) is 0. The lowest BCUT2D eigenvalue weighted by Gasteiger charge is -2.37. The van der Waals surface area contributed by atoms with Gasteiger partial charge in [0.15, 0.2) is 0 Å². The number of nitrogens with zero attached hydrogens (tertiary/aromatic N) is 2. The van der Waals surface area contributed by atoms with Crippen LogP contribution in [-0.4, -0.2) is 26.2 Å². The minimum absolute atomic E-state index is 0.268. The SMILES string of the molecule is Nc1ccccc1N1CCN(c2ccc(Cl)cc2F)CC1. The lowest BCUT2D eigenvalue weighted by Crippen LogP contribution is -2.47. The van der Waals surface area contributed by atoms with Crippen molar-refractivity contribution in [3.8, 4) is 0 Å². The van der Waals surface area contributed by atoms with E-state index in [0.717, 1.165) is 37.6 Å². The first-order chi connectivity index (χ1) is 10.1. The van der Waals surface area contributed by atoms with Crippen molar-refractivity contribution in [2.45, 2.75) is 0 Å². The fraction of sp³-hybridized carbons (Fsp3) is 0.250. The molecule has 110 valence electrons. The predicted molar refractivity (Wildman–Crippen MR) is 86.7 cm³/mol. The molecular formula is C16H17ClFN3. The molecule has 1 fully saturated rings. The van der Waals surface area contributed by atoms with E-state index in [9.17, 15) is 4.39 Å². The van der Waals surface area contributed by atoms with E-state index >= 15 is 0 Å². The highest BCUT2D eigenvalue weighted by molar-refractivity contribution is 6.30. The van der Waals surface area contributed by atoms with Crippen LogP contribution in [0.2, 0.25) is 5.02 Å². The van der Waals surface area contributed by atoms with Crippen LogP contribution in [-0.2, 0) is 0 Å². The Kier molecular flexibility index (Phi) is 3.88. The van der Waals surface area contributed by atoms with Crippen molar-refractivity contribution in [2.75, 3.05) is 41.7 Å². The van der Waals surface area contributed by atoms with Crippen molar-refractivity contribution in [2.24, 2.45) is 0 Å². The largest absolute Gasteiger partial charge is 0.397 e. The highest BCUT2D eigenvalue weighted by Crippen LogP contribution is 2.27. The number of nitrogen functional groups attached to an aromatic ring is 1. The maximum atomic E-state index is 14.0. The third kappa shape index (κ3) is 2.90. The average Bonchev–Trinajstić information content (AvgIpc) is 2.48. The normalized spacial score (nSPS) is 15.3. The molecule has 1 aliphatic heterocycles. The first-order valence-corrected chi connectivity index (χ1v) is 7.32. The summed E-state index contributed by atoms with van der Waals surface area (Å²) in [5.41, 5.74) is 8.45. The molecule has 21 heavy (non-hydrogen) atoms. The van der Waals surface area contributed by atoms with E-state index < -0.39 is 0 Å². The summed E-state index contributed by atoms with van der Waals surface area (Å²) < 4.78 is 14.0. The number of rotatable bonds is 2. The molecule has 2 N–H and O–H groups in total. The molecular weight excluding hydrogens is 289 g/mol. The van der Waals surface area contributed by atoms with Crippen LogP contribution in [0.1, 0.15) is 0 Å². The number of halogens is 2. The van der Waals surface area contributed by atoms with Gasteiger partial charge in [-0.25, -0.2) is 4.39 Å². The summed E-state index contributed by atoms with van der Waals surface area (Å²) in [6.45, 7) is 3.15. The van der Waals surface area contributed by atoms with Crippen LogP contribution in [0.25, 0.3) is 0 Å². The number of anilines is 3. The summed E-state index contributed by atoms with van der Waals surface area (Å²) in [6, 6.07) is 12.7. The molecule has 0 amide bonds. The lowest BCUT2D eigenvalue weighted by molar-refractivity contribution is 0.598. The molecule has 0 unspecified atom stereocenters. The first-order valence-electron chi connectivity index (χ1n) is 6.94. The quantitative estimate of drug-likeness (QED) is 0.863. The van der Waals surface area contributed by atoms with E-state index in [1.165, 1.54) is 6.07 Å². The average molecular weight is 306 g/mol. The van der Waals surface area contributed by atoms with Crippen molar-refractivity contribution in [1.29, 1.82) is 0 Å². The van der Waals surface area contributed by atoms with Gasteiger partial charge in [-0.2, -0.15) is 0 Å². The topological polar surface area (TPSA) is 32.5 Å². The lowest BCUT2D eigenvalue weighted by atomic mass is 10.2. The van der Waals surface area contributed by atoms with E-state index in [2.05, 4.69) is 4.90 Å². The second-order valence-electron chi connectivity index (χ2n) is 5.13. The minimum Gasteiger partial charge on any atom is -0.397 e. The van der Waals surface area contributed by atoms with E-state index in [1.54, 1.807) is 12.1 Å². The molecule has 0 radical (unpaired) electrons. The number of hydrogen-bond donors (Lipinski definition) is 1. The second-order valence-corrected chi connectivity index (χ2v) is 5.57. The smallest absolute Gasteiger partial charge is 0.147 e. The fourth-order valence-electron chi connectivity index (χ4n) is 2.70. The fourth-order valence-corrected chi connectivity index (χ4v) is 2.86. The molecule has 0 aliphatic carbocycles. The Morgan fingerprint density at radius 2 is 1.52 bits per heavy atom. The maximum absolute atomic E-state index is 14.0. The molecule has 1 heterocycles. The van der Waals surface area contributed by atoms with Gasteiger partial charge in [0, 0.05) is 31.2 Å². The molecule has 0 bridgehead atoms. The summed E-state index contributed by atoms with van der Waals surface area (Å²) in [6.07, 6.45) is 0. The second kappa shape index (κ2) is 5.82. The summed E-state index contributed by atoms with van der Waals surface area (Å²) >= 11 is 5.80. The van der Waals surface area contributed by atoms with Crippen molar-refractivity contribution in [3.63, 3.8) is 0 Å². The molecule has 5 heteroatoms. The number of benzene rings is 2. The molecule has 0 saturated carbocycles. The van der Waals surface area contributed by atoms with Crippen molar-refractivity contribution in [1.82, 2.24) is 0 Å². The van der Waals surface area contributed by atoms with Crippen LogP contribution in [0.4, 0.5) is 21.5 Å². The van der Waals surface area contributed by atoms with E-state index in [0.29, 0.717) is 10.7 Å². The van der Waals surface area contributed by atoms with Gasteiger partial charge in [0.2, 0.25) is 0 Å². The number of hydrogen-bond acceptors (Lipinski definition) is 3. The van der Waals surface area contributed by atoms with Crippen LogP contribution >= 0.6 is 11.6 Å². The van der Waals surface area contributed by atoms with Gasteiger partial charge in [-0.15, -0.1) is 0 Å². The van der Waals surface area contributed by atoms with E-state index in [4.69, 9.17) is 17.3 Å². The van der Waals surface area contributed by atoms with Gasteiger partial charge in [-0.3, -0.25) is 0 Å². The predicted octanol–water partition coefficient (Wildman–Crippen LogP) is 3.39. The Balaban J connectivity index is 1.72. The summed E-state index contributed by atoms with van der Waals surface area (Å²) in [5.74, 6) is -0.268. The zero-order valence-corrected chi connectivity index (χ0v) is 12.4. The molecule has 0 aromatic heterocycles. The number of piperazine rings is 1. The van der Waals surface area contributed by atoms with E-state index in [-0.39, 0.29) is 5.82 Å². The Morgan fingerprint density at radius 3 is 2.14 bits per heavy atom. The van der Waals surface area contributed by atoms with Gasteiger partial charge in [-0.05, 0) is 30.3 Å². The zero-order valence-electron chi connectivity index (χ0n) is 11.6. The Hall–Kier alpha value is -1.94. The van der Waals surface area contributed by atoms with Crippen molar-refractivity contribution in [3.05, 3.63) is 53.3 Å². The zero-order chi connectivity index (χ0) is 14.8. The van der Waals surface area contributed by atoms with Crippen LogP contribution in [0.15, 0.2) is 42.5 Å². The van der Waals surface area contributed by atoms with Crippen molar-refractivity contribution >= 4 is 28.7 Å². The van der Waals surface area contributed by atoms with Gasteiger partial charge in [0.05, 0.1) is 17.1 Å². The number of nitrogens with two attached hydrogens (primary N) is 1. The maximum Gasteiger partial charge on any atom is 0.147 e. The number of para-hydroxylation sites is 2. The van der Waals surface area contributed by atoms with Gasteiger partial charge < -0.3 is 15.5 Å². The molecule has 3 nitrogen and oxygen atoms in total. The van der Waals surface area contributed by atoms with Crippen LogP contribution in [0.3, 0.4) is 0 Å². The van der Waals surface area contributed by atoms with E-state index in [1.807, 2.05) is 29.2 Å². The van der Waals surface area contributed by atoms with Gasteiger partial charge in [0.25, 0.3) is 0 Å².